The maximum Gasteiger partial charge on any atom is 0.291 e. The van der Waals surface area contributed by atoms with Crippen LogP contribution in [-0.4, -0.2) is 26.9 Å². The zero-order chi connectivity index (χ0) is 20.4. The molecule has 2 heterocycles. The van der Waals surface area contributed by atoms with Gasteiger partial charge < -0.3 is 14.2 Å². The maximum atomic E-state index is 15.0. The Labute approximate surface area is 169 Å². The minimum absolute atomic E-state index is 0.0870. The molecule has 150 valence electrons. The number of ether oxygens (including phenoxy) is 1. The van der Waals surface area contributed by atoms with Crippen molar-refractivity contribution in [2.45, 2.75) is 40.0 Å². The summed E-state index contributed by atoms with van der Waals surface area (Å²) in [4.78, 5) is 18.8. The molecule has 0 N–H and O–H groups in total. The first-order valence-corrected chi connectivity index (χ1v) is 9.91. The predicted octanol–water partition coefficient (Wildman–Crippen LogP) is 4.79. The van der Waals surface area contributed by atoms with Crippen LogP contribution < -0.4 is 4.74 Å². The number of benzene rings is 2. The number of nitrogens with zero attached hydrogens (tertiary/aromatic N) is 3. The number of aryl methyl sites for hydroxylation is 1. The van der Waals surface area contributed by atoms with E-state index >= 15 is 0 Å². The average molecular weight is 393 g/mol. The summed E-state index contributed by atoms with van der Waals surface area (Å²) in [5, 5.41) is 0. The fourth-order valence-electron chi connectivity index (χ4n) is 3.63. The minimum atomic E-state index is -0.388. The molecule has 1 amide bonds. The third-order valence-electron chi connectivity index (χ3n) is 5.16. The van der Waals surface area contributed by atoms with Gasteiger partial charge in [-0.25, -0.2) is 9.37 Å². The van der Waals surface area contributed by atoms with E-state index in [1.54, 1.807) is 17.0 Å². The Morgan fingerprint density at radius 3 is 2.69 bits per heavy atom. The first-order chi connectivity index (χ1) is 14.1. The van der Waals surface area contributed by atoms with Crippen molar-refractivity contribution in [1.29, 1.82) is 0 Å². The second kappa shape index (κ2) is 8.07. The zero-order valence-electron chi connectivity index (χ0n) is 16.7. The van der Waals surface area contributed by atoms with E-state index in [0.717, 1.165) is 18.4 Å². The zero-order valence-corrected chi connectivity index (χ0v) is 16.7. The molecular formula is C23H24FN3O2. The lowest BCUT2D eigenvalue weighted by Crippen LogP contribution is -2.26. The molecule has 1 aliphatic heterocycles. The van der Waals surface area contributed by atoms with Gasteiger partial charge in [-0.05, 0) is 31.0 Å². The molecule has 5 nitrogen and oxygen atoms in total. The van der Waals surface area contributed by atoms with Gasteiger partial charge in [0, 0.05) is 18.2 Å². The summed E-state index contributed by atoms with van der Waals surface area (Å²) < 4.78 is 22.5. The number of unbranched alkanes of at least 4 members (excludes halogenated alkanes) is 1. The molecule has 0 unspecified atom stereocenters. The molecule has 29 heavy (non-hydrogen) atoms. The van der Waals surface area contributed by atoms with E-state index in [2.05, 4.69) is 11.9 Å². The number of hydrogen-bond acceptors (Lipinski definition) is 3. The predicted molar refractivity (Wildman–Crippen MR) is 109 cm³/mol. The molecule has 0 atom stereocenters. The summed E-state index contributed by atoms with van der Waals surface area (Å²) in [6.07, 6.45) is 1.95. The fourth-order valence-corrected chi connectivity index (χ4v) is 3.63. The first-order valence-electron chi connectivity index (χ1n) is 9.91. The number of rotatable bonds is 7. The van der Waals surface area contributed by atoms with Crippen molar-refractivity contribution in [2.24, 2.45) is 0 Å². The van der Waals surface area contributed by atoms with E-state index < -0.39 is 0 Å². The molecule has 2 aromatic carbocycles. The van der Waals surface area contributed by atoms with Crippen LogP contribution in [0.15, 0.2) is 48.5 Å². The molecule has 0 bridgehead atoms. The summed E-state index contributed by atoms with van der Waals surface area (Å²) in [6.45, 7) is 5.37. The Balaban J connectivity index is 1.57. The highest BCUT2D eigenvalue weighted by Crippen LogP contribution is 2.33. The minimum Gasteiger partial charge on any atom is -0.489 e. The molecule has 0 spiro atoms. The van der Waals surface area contributed by atoms with Crippen LogP contribution in [0.5, 0.6) is 5.75 Å². The lowest BCUT2D eigenvalue weighted by Gasteiger charge is -2.16. The Morgan fingerprint density at radius 1 is 1.17 bits per heavy atom. The Bertz CT molecular complexity index is 1030. The van der Waals surface area contributed by atoms with Crippen LogP contribution in [0, 0.1) is 12.7 Å². The summed E-state index contributed by atoms with van der Waals surface area (Å²) in [7, 11) is 0. The highest BCUT2D eigenvalue weighted by molar-refractivity contribution is 5.94. The molecular weight excluding hydrogens is 369 g/mol. The Hall–Kier alpha value is -3.15. The van der Waals surface area contributed by atoms with E-state index in [0.29, 0.717) is 48.3 Å². The van der Waals surface area contributed by atoms with Gasteiger partial charge in [0.15, 0.2) is 0 Å². The maximum absolute atomic E-state index is 15.0. The largest absolute Gasteiger partial charge is 0.489 e. The quantitative estimate of drug-likeness (QED) is 0.580. The number of amides is 1. The van der Waals surface area contributed by atoms with Gasteiger partial charge in [0.25, 0.3) is 5.91 Å². The van der Waals surface area contributed by atoms with E-state index in [1.807, 2.05) is 41.8 Å². The number of halogens is 1. The first kappa shape index (κ1) is 19.2. The Kier molecular flexibility index (Phi) is 5.34. The molecule has 0 saturated carbocycles. The number of fused-ring (bicyclic) bond motifs is 1. The van der Waals surface area contributed by atoms with Crippen molar-refractivity contribution >= 4 is 5.91 Å². The van der Waals surface area contributed by atoms with Crippen molar-refractivity contribution in [1.82, 2.24) is 14.5 Å². The normalized spacial score (nSPS) is 13.1. The van der Waals surface area contributed by atoms with E-state index in [1.165, 1.54) is 6.07 Å². The molecule has 3 aromatic rings. The van der Waals surface area contributed by atoms with Gasteiger partial charge in [0.2, 0.25) is 5.82 Å². The number of carbonyl (C=O) groups excluding carboxylic acids is 1. The highest BCUT2D eigenvalue weighted by atomic mass is 19.1. The van der Waals surface area contributed by atoms with Crippen LogP contribution in [0.2, 0.25) is 0 Å². The van der Waals surface area contributed by atoms with Gasteiger partial charge in [-0.15, -0.1) is 0 Å². The monoisotopic (exact) mass is 393 g/mol. The topological polar surface area (TPSA) is 47.4 Å². The molecule has 1 aliphatic rings. The van der Waals surface area contributed by atoms with Crippen molar-refractivity contribution in [3.05, 3.63) is 71.4 Å². The van der Waals surface area contributed by atoms with Crippen molar-refractivity contribution < 1.29 is 13.9 Å². The SMILES string of the molecule is CCCCN1Cn2c(nc(C)c2-c2ccc(OCc3ccccc3)cc2F)C1=O. The highest BCUT2D eigenvalue weighted by Gasteiger charge is 2.33. The molecule has 6 heteroatoms. The Morgan fingerprint density at radius 2 is 1.97 bits per heavy atom. The second-order valence-electron chi connectivity index (χ2n) is 7.28. The lowest BCUT2D eigenvalue weighted by molar-refractivity contribution is 0.0763. The second-order valence-corrected chi connectivity index (χ2v) is 7.28. The van der Waals surface area contributed by atoms with Crippen molar-refractivity contribution in [3.8, 4) is 17.0 Å². The number of carbonyl (C=O) groups is 1. The van der Waals surface area contributed by atoms with E-state index in [4.69, 9.17) is 4.74 Å². The molecule has 0 radical (unpaired) electrons. The third-order valence-corrected chi connectivity index (χ3v) is 5.16. The lowest BCUT2D eigenvalue weighted by atomic mass is 10.1. The van der Waals surface area contributed by atoms with E-state index in [9.17, 15) is 9.18 Å². The molecule has 4 rings (SSSR count). The van der Waals surface area contributed by atoms with Gasteiger partial charge in [0.1, 0.15) is 18.2 Å². The smallest absolute Gasteiger partial charge is 0.291 e. The number of aromatic nitrogens is 2. The van der Waals surface area contributed by atoms with E-state index in [-0.39, 0.29) is 11.7 Å². The van der Waals surface area contributed by atoms with Crippen LogP contribution in [0.3, 0.4) is 0 Å². The van der Waals surface area contributed by atoms with Crippen LogP contribution in [-0.2, 0) is 13.3 Å². The summed E-state index contributed by atoms with van der Waals surface area (Å²) in [6, 6.07) is 14.6. The standard InChI is InChI=1S/C23H24FN3O2/c1-3-4-12-26-15-27-21(16(2)25-22(27)23(26)28)19-11-10-18(13-20(19)24)29-14-17-8-6-5-7-9-17/h5-11,13H,3-4,12,14-15H2,1-2H3. The van der Waals surface area contributed by atoms with Crippen LogP contribution >= 0.6 is 0 Å². The summed E-state index contributed by atoms with van der Waals surface area (Å²) in [5.41, 5.74) is 2.75. The summed E-state index contributed by atoms with van der Waals surface area (Å²) in [5.74, 6) is 0.379. The summed E-state index contributed by atoms with van der Waals surface area (Å²) >= 11 is 0. The van der Waals surface area contributed by atoms with Gasteiger partial charge in [-0.1, -0.05) is 43.7 Å². The number of hydrogen-bond donors (Lipinski definition) is 0. The number of imidazole rings is 1. The molecule has 1 aromatic heterocycles. The van der Waals surface area contributed by atoms with Gasteiger partial charge >= 0.3 is 0 Å². The average Bonchev–Trinajstić information content (AvgIpc) is 3.20. The van der Waals surface area contributed by atoms with Crippen molar-refractivity contribution in [3.63, 3.8) is 0 Å². The van der Waals surface area contributed by atoms with Gasteiger partial charge in [0.05, 0.1) is 18.1 Å². The third kappa shape index (κ3) is 3.75. The van der Waals surface area contributed by atoms with Crippen LogP contribution in [0.25, 0.3) is 11.3 Å². The fraction of sp³-hybridized carbons (Fsp3) is 0.304. The molecule has 0 aliphatic carbocycles. The van der Waals surface area contributed by atoms with Crippen molar-refractivity contribution in [2.75, 3.05) is 6.54 Å². The van der Waals surface area contributed by atoms with Crippen LogP contribution in [0.4, 0.5) is 4.39 Å². The van der Waals surface area contributed by atoms with Gasteiger partial charge in [-0.3, -0.25) is 4.79 Å². The van der Waals surface area contributed by atoms with Crippen LogP contribution in [0.1, 0.15) is 41.6 Å². The molecule has 0 fully saturated rings. The molecule has 0 saturated heterocycles. The van der Waals surface area contributed by atoms with Gasteiger partial charge in [-0.2, -0.15) is 0 Å².